The zero-order chi connectivity index (χ0) is 19.1. The van der Waals surface area contributed by atoms with Crippen LogP contribution in [0.3, 0.4) is 0 Å². The second-order valence-corrected chi connectivity index (χ2v) is 7.13. The molecule has 27 heavy (non-hydrogen) atoms. The lowest BCUT2D eigenvalue weighted by Crippen LogP contribution is -2.28. The van der Waals surface area contributed by atoms with Gasteiger partial charge in [-0.05, 0) is 30.3 Å². The summed E-state index contributed by atoms with van der Waals surface area (Å²) in [6.45, 7) is 0. The summed E-state index contributed by atoms with van der Waals surface area (Å²) < 4.78 is 16.2. The Morgan fingerprint density at radius 2 is 1.81 bits per heavy atom. The third-order valence-corrected chi connectivity index (χ3v) is 5.47. The van der Waals surface area contributed by atoms with Crippen molar-refractivity contribution in [2.45, 2.75) is 12.8 Å². The molecular weight excluding hydrogens is 369 g/mol. The molecule has 1 fully saturated rings. The molecule has 1 saturated heterocycles. The fourth-order valence-electron chi connectivity index (χ4n) is 3.06. The molecule has 3 amide bonds. The number of rotatable bonds is 2. The second kappa shape index (κ2) is 6.55. The lowest BCUT2D eigenvalue weighted by atomic mass is 10.2. The number of carbonyl (C=O) groups is 3. The molecule has 4 rings (SSSR count). The van der Waals surface area contributed by atoms with Crippen molar-refractivity contribution in [2.75, 3.05) is 4.90 Å². The van der Waals surface area contributed by atoms with E-state index in [2.05, 4.69) is 4.99 Å². The highest BCUT2D eigenvalue weighted by molar-refractivity contribution is 7.16. The van der Waals surface area contributed by atoms with E-state index in [0.29, 0.717) is 20.7 Å². The van der Waals surface area contributed by atoms with Crippen LogP contribution in [0.4, 0.5) is 10.1 Å². The second-order valence-electron chi connectivity index (χ2n) is 6.12. The smallest absolute Gasteiger partial charge is 0.279 e. The van der Waals surface area contributed by atoms with Crippen LogP contribution in [0.5, 0.6) is 0 Å². The molecule has 1 aliphatic rings. The fraction of sp³-hybridized carbons (Fsp3) is 0.158. The average molecular weight is 383 g/mol. The monoisotopic (exact) mass is 383 g/mol. The maximum Gasteiger partial charge on any atom is 0.279 e. The number of anilines is 1. The predicted octanol–water partition coefficient (Wildman–Crippen LogP) is 2.77. The maximum absolute atomic E-state index is 14.0. The Labute approximate surface area is 157 Å². The number of nitrogens with zero attached hydrogens (tertiary/aromatic N) is 3. The summed E-state index contributed by atoms with van der Waals surface area (Å²) in [5.41, 5.74) is 0.990. The van der Waals surface area contributed by atoms with Gasteiger partial charge in [0.05, 0.1) is 15.9 Å². The van der Waals surface area contributed by atoms with Gasteiger partial charge >= 0.3 is 0 Å². The van der Waals surface area contributed by atoms with Gasteiger partial charge in [-0.2, -0.15) is 4.99 Å². The summed E-state index contributed by atoms with van der Waals surface area (Å²) >= 11 is 1.21. The van der Waals surface area contributed by atoms with Gasteiger partial charge in [-0.1, -0.05) is 23.5 Å². The molecule has 0 radical (unpaired) electrons. The van der Waals surface area contributed by atoms with Gasteiger partial charge in [-0.25, -0.2) is 4.39 Å². The van der Waals surface area contributed by atoms with Crippen LogP contribution >= 0.6 is 11.3 Å². The molecular formula is C19H14FN3O3S. The minimum atomic E-state index is -0.529. The van der Waals surface area contributed by atoms with Crippen LogP contribution in [-0.4, -0.2) is 22.3 Å². The number of carbonyl (C=O) groups excluding carboxylic acids is 3. The molecule has 0 bridgehead atoms. The van der Waals surface area contributed by atoms with E-state index in [0.717, 1.165) is 4.90 Å². The number of para-hydroxylation sites is 1. The van der Waals surface area contributed by atoms with E-state index in [1.54, 1.807) is 37.4 Å². The maximum atomic E-state index is 14.0. The number of benzene rings is 2. The quantitative estimate of drug-likeness (QED) is 0.639. The molecule has 0 N–H and O–H groups in total. The molecule has 0 aliphatic carbocycles. The number of aromatic nitrogens is 1. The summed E-state index contributed by atoms with van der Waals surface area (Å²) in [5, 5.41) is 0. The first-order valence-corrected chi connectivity index (χ1v) is 9.06. The number of fused-ring (bicyclic) bond motifs is 1. The SMILES string of the molecule is Cn1c(=NC(=O)c2cccc(N3C(=O)CCC3=O)c2)sc2cccc(F)c21. The van der Waals surface area contributed by atoms with E-state index in [1.165, 1.54) is 28.0 Å². The molecule has 0 unspecified atom stereocenters. The molecule has 0 spiro atoms. The molecule has 6 nitrogen and oxygen atoms in total. The summed E-state index contributed by atoms with van der Waals surface area (Å²) in [7, 11) is 1.64. The Kier molecular flexibility index (Phi) is 4.19. The normalized spacial score (nSPS) is 15.2. The van der Waals surface area contributed by atoms with Gasteiger partial charge in [0.1, 0.15) is 5.82 Å². The minimum absolute atomic E-state index is 0.171. The average Bonchev–Trinajstić information content (AvgIpc) is 3.15. The Hall–Kier alpha value is -3.13. The highest BCUT2D eigenvalue weighted by Gasteiger charge is 2.30. The molecule has 2 heterocycles. The molecule has 0 atom stereocenters. The third kappa shape index (κ3) is 2.97. The van der Waals surface area contributed by atoms with Crippen LogP contribution in [0, 0.1) is 5.82 Å². The van der Waals surface area contributed by atoms with Crippen LogP contribution in [-0.2, 0) is 16.6 Å². The molecule has 1 aliphatic heterocycles. The molecule has 2 aromatic carbocycles. The number of aryl methyl sites for hydroxylation is 1. The number of imide groups is 1. The molecule has 136 valence electrons. The highest BCUT2D eigenvalue weighted by atomic mass is 32.1. The first-order chi connectivity index (χ1) is 13.0. The number of thiazole rings is 1. The van der Waals surface area contributed by atoms with Crippen molar-refractivity contribution in [3.63, 3.8) is 0 Å². The number of amides is 3. The van der Waals surface area contributed by atoms with Crippen LogP contribution < -0.4 is 9.70 Å². The van der Waals surface area contributed by atoms with Crippen molar-refractivity contribution in [3.05, 3.63) is 58.6 Å². The van der Waals surface area contributed by atoms with Gasteiger partial charge in [0.2, 0.25) is 11.8 Å². The first-order valence-electron chi connectivity index (χ1n) is 8.24. The fourth-order valence-corrected chi connectivity index (χ4v) is 4.09. The zero-order valence-electron chi connectivity index (χ0n) is 14.3. The molecule has 1 aromatic heterocycles. The van der Waals surface area contributed by atoms with E-state index in [1.807, 2.05) is 0 Å². The van der Waals surface area contributed by atoms with Crippen LogP contribution in [0.1, 0.15) is 23.2 Å². The molecule has 8 heteroatoms. The predicted molar refractivity (Wildman–Crippen MR) is 98.8 cm³/mol. The molecule has 0 saturated carbocycles. The minimum Gasteiger partial charge on any atom is -0.317 e. The number of halogens is 1. The van der Waals surface area contributed by atoms with Gasteiger partial charge in [0, 0.05) is 25.5 Å². The number of hydrogen-bond acceptors (Lipinski definition) is 4. The van der Waals surface area contributed by atoms with Crippen molar-refractivity contribution in [1.82, 2.24) is 4.57 Å². The highest BCUT2D eigenvalue weighted by Crippen LogP contribution is 2.24. The summed E-state index contributed by atoms with van der Waals surface area (Å²) in [6, 6.07) is 11.0. The first kappa shape index (κ1) is 17.3. The van der Waals surface area contributed by atoms with E-state index in [9.17, 15) is 18.8 Å². The van der Waals surface area contributed by atoms with Crippen molar-refractivity contribution < 1.29 is 18.8 Å². The molecule has 3 aromatic rings. The van der Waals surface area contributed by atoms with Crippen LogP contribution in [0.25, 0.3) is 10.2 Å². The van der Waals surface area contributed by atoms with Gasteiger partial charge in [-0.3, -0.25) is 19.3 Å². The van der Waals surface area contributed by atoms with Crippen molar-refractivity contribution in [2.24, 2.45) is 12.0 Å². The van der Waals surface area contributed by atoms with E-state index < -0.39 is 5.91 Å². The third-order valence-electron chi connectivity index (χ3n) is 4.37. The van der Waals surface area contributed by atoms with E-state index >= 15 is 0 Å². The van der Waals surface area contributed by atoms with Crippen LogP contribution in [0.15, 0.2) is 47.5 Å². The topological polar surface area (TPSA) is 71.7 Å². The lowest BCUT2D eigenvalue weighted by Gasteiger charge is -2.14. The van der Waals surface area contributed by atoms with Crippen LogP contribution in [0.2, 0.25) is 0 Å². The zero-order valence-corrected chi connectivity index (χ0v) is 15.1. The standard InChI is InChI=1S/C19H14FN3O3S/c1-22-17-13(20)6-3-7-14(17)27-19(22)21-18(26)11-4-2-5-12(10-11)23-15(24)8-9-16(23)25/h2-7,10H,8-9H2,1H3. The van der Waals surface area contributed by atoms with Gasteiger partial charge in [-0.15, -0.1) is 0 Å². The Balaban J connectivity index is 1.74. The summed E-state index contributed by atoms with van der Waals surface area (Å²) in [6.07, 6.45) is 0.342. The van der Waals surface area contributed by atoms with Gasteiger partial charge < -0.3 is 4.57 Å². The van der Waals surface area contributed by atoms with Crippen molar-refractivity contribution in [3.8, 4) is 0 Å². The largest absolute Gasteiger partial charge is 0.317 e. The summed E-state index contributed by atoms with van der Waals surface area (Å²) in [5.74, 6) is -1.48. The Morgan fingerprint density at radius 3 is 2.52 bits per heavy atom. The van der Waals surface area contributed by atoms with Crippen molar-refractivity contribution in [1.29, 1.82) is 0 Å². The van der Waals surface area contributed by atoms with Gasteiger partial charge in [0.15, 0.2) is 4.80 Å². The van der Waals surface area contributed by atoms with E-state index in [4.69, 9.17) is 0 Å². The Morgan fingerprint density at radius 1 is 1.11 bits per heavy atom. The van der Waals surface area contributed by atoms with Crippen molar-refractivity contribution >= 4 is 45.0 Å². The summed E-state index contributed by atoms with van der Waals surface area (Å²) in [4.78, 5) is 41.9. The Bertz CT molecular complexity index is 1160. The van der Waals surface area contributed by atoms with E-state index in [-0.39, 0.29) is 36.0 Å². The number of hydrogen-bond donors (Lipinski definition) is 0. The van der Waals surface area contributed by atoms with Gasteiger partial charge in [0.25, 0.3) is 5.91 Å². The lowest BCUT2D eigenvalue weighted by molar-refractivity contribution is -0.121.